The number of hydrogen-bond acceptors (Lipinski definition) is 4. The summed E-state index contributed by atoms with van der Waals surface area (Å²) in [7, 11) is 0. The van der Waals surface area contributed by atoms with Crippen LogP contribution in [0.15, 0.2) is 15.9 Å². The Hall–Kier alpha value is -0.920. The van der Waals surface area contributed by atoms with E-state index in [-0.39, 0.29) is 5.91 Å². The molecule has 2 amide bonds. The fourth-order valence-electron chi connectivity index (χ4n) is 1.77. The molecule has 1 aliphatic heterocycles. The third kappa shape index (κ3) is 2.67. The Balaban J connectivity index is 2.19. The van der Waals surface area contributed by atoms with Gasteiger partial charge in [0, 0.05) is 19.6 Å². The number of nitrogens with two attached hydrogens (primary N) is 1. The van der Waals surface area contributed by atoms with Gasteiger partial charge in [0.1, 0.15) is 6.04 Å². The third-order valence-electron chi connectivity index (χ3n) is 2.62. The SMILES string of the molecule is NC(=O)C1CNCCN1C(=O)c1ccc(Br)s1. The van der Waals surface area contributed by atoms with Crippen LogP contribution in [-0.4, -0.2) is 42.4 Å². The molecule has 17 heavy (non-hydrogen) atoms. The number of amides is 2. The number of primary amides is 1. The summed E-state index contributed by atoms with van der Waals surface area (Å²) in [4.78, 5) is 25.7. The van der Waals surface area contributed by atoms with E-state index in [1.165, 1.54) is 16.2 Å². The fourth-order valence-corrected chi connectivity index (χ4v) is 3.11. The Labute approximate surface area is 111 Å². The Kier molecular flexibility index (Phi) is 3.80. The van der Waals surface area contributed by atoms with Gasteiger partial charge in [-0.1, -0.05) is 0 Å². The number of rotatable bonds is 2. The zero-order valence-electron chi connectivity index (χ0n) is 8.98. The Morgan fingerprint density at radius 1 is 1.53 bits per heavy atom. The van der Waals surface area contributed by atoms with Gasteiger partial charge >= 0.3 is 0 Å². The number of carbonyl (C=O) groups is 2. The van der Waals surface area contributed by atoms with Crippen molar-refractivity contribution in [2.45, 2.75) is 6.04 Å². The molecule has 0 aromatic carbocycles. The van der Waals surface area contributed by atoms with Crippen LogP contribution in [0.25, 0.3) is 0 Å². The molecule has 92 valence electrons. The molecule has 3 N–H and O–H groups in total. The minimum absolute atomic E-state index is 0.133. The maximum Gasteiger partial charge on any atom is 0.264 e. The molecular weight excluding hydrogens is 306 g/mol. The Bertz CT molecular complexity index is 449. The highest BCUT2D eigenvalue weighted by Crippen LogP contribution is 2.24. The molecule has 0 saturated carbocycles. The van der Waals surface area contributed by atoms with Gasteiger partial charge in [-0.3, -0.25) is 9.59 Å². The lowest BCUT2D eigenvalue weighted by Crippen LogP contribution is -2.58. The lowest BCUT2D eigenvalue weighted by molar-refractivity contribution is -0.122. The number of nitrogens with one attached hydrogen (secondary N) is 1. The molecule has 5 nitrogen and oxygen atoms in total. The first kappa shape index (κ1) is 12.5. The van der Waals surface area contributed by atoms with E-state index in [1.54, 1.807) is 6.07 Å². The van der Waals surface area contributed by atoms with Crippen molar-refractivity contribution in [2.24, 2.45) is 5.73 Å². The number of thiophene rings is 1. The molecule has 1 atom stereocenters. The molecule has 2 heterocycles. The van der Waals surface area contributed by atoms with Crippen LogP contribution in [-0.2, 0) is 4.79 Å². The van der Waals surface area contributed by atoms with Gasteiger partial charge in [0.05, 0.1) is 8.66 Å². The maximum absolute atomic E-state index is 12.2. The molecule has 1 unspecified atom stereocenters. The molecule has 2 rings (SSSR count). The van der Waals surface area contributed by atoms with Crippen molar-refractivity contribution in [1.29, 1.82) is 0 Å². The van der Waals surface area contributed by atoms with Crippen LogP contribution in [0.1, 0.15) is 9.67 Å². The van der Waals surface area contributed by atoms with E-state index in [2.05, 4.69) is 21.2 Å². The summed E-state index contributed by atoms with van der Waals surface area (Å²) in [6.07, 6.45) is 0. The second kappa shape index (κ2) is 5.16. The minimum atomic E-state index is -0.558. The molecule has 1 saturated heterocycles. The molecule has 0 bridgehead atoms. The highest BCUT2D eigenvalue weighted by molar-refractivity contribution is 9.11. The van der Waals surface area contributed by atoms with Crippen LogP contribution in [0.5, 0.6) is 0 Å². The van der Waals surface area contributed by atoms with Crippen molar-refractivity contribution in [3.05, 3.63) is 20.8 Å². The first-order chi connectivity index (χ1) is 8.09. The molecule has 0 aliphatic carbocycles. The smallest absolute Gasteiger partial charge is 0.264 e. The van der Waals surface area contributed by atoms with E-state index in [9.17, 15) is 9.59 Å². The van der Waals surface area contributed by atoms with Gasteiger partial charge in [0.15, 0.2) is 0 Å². The van der Waals surface area contributed by atoms with Gasteiger partial charge in [-0.2, -0.15) is 0 Å². The molecule has 1 aromatic rings. The normalized spacial score (nSPS) is 20.3. The molecule has 1 aliphatic rings. The number of carbonyl (C=O) groups excluding carboxylic acids is 2. The average molecular weight is 318 g/mol. The highest BCUT2D eigenvalue weighted by Gasteiger charge is 2.31. The lowest BCUT2D eigenvalue weighted by atomic mass is 10.1. The van der Waals surface area contributed by atoms with Gasteiger partial charge in [-0.25, -0.2) is 0 Å². The molecular formula is C10H12BrN3O2S. The van der Waals surface area contributed by atoms with Crippen molar-refractivity contribution in [1.82, 2.24) is 10.2 Å². The maximum atomic E-state index is 12.2. The van der Waals surface area contributed by atoms with Crippen molar-refractivity contribution in [3.8, 4) is 0 Å². The predicted molar refractivity (Wildman–Crippen MR) is 68.9 cm³/mol. The molecule has 7 heteroatoms. The molecule has 0 radical (unpaired) electrons. The van der Waals surface area contributed by atoms with Gasteiger partial charge in [0.2, 0.25) is 5.91 Å². The van der Waals surface area contributed by atoms with E-state index >= 15 is 0 Å². The van der Waals surface area contributed by atoms with Crippen LogP contribution in [0.3, 0.4) is 0 Å². The number of piperazine rings is 1. The van der Waals surface area contributed by atoms with Gasteiger partial charge in [-0.15, -0.1) is 11.3 Å². The average Bonchev–Trinajstić information content (AvgIpc) is 2.75. The van der Waals surface area contributed by atoms with Crippen LogP contribution in [0.2, 0.25) is 0 Å². The van der Waals surface area contributed by atoms with Gasteiger partial charge < -0.3 is 16.0 Å². The summed E-state index contributed by atoms with van der Waals surface area (Å²) in [6, 6.07) is 3.01. The second-order valence-corrected chi connectivity index (χ2v) is 6.19. The Morgan fingerprint density at radius 2 is 2.29 bits per heavy atom. The van der Waals surface area contributed by atoms with Crippen LogP contribution >= 0.6 is 27.3 Å². The van der Waals surface area contributed by atoms with Crippen molar-refractivity contribution < 1.29 is 9.59 Å². The highest BCUT2D eigenvalue weighted by atomic mass is 79.9. The zero-order chi connectivity index (χ0) is 12.4. The topological polar surface area (TPSA) is 75.4 Å². The summed E-state index contributed by atoms with van der Waals surface area (Å²) < 4.78 is 0.895. The first-order valence-corrected chi connectivity index (χ1v) is 6.77. The Morgan fingerprint density at radius 3 is 2.88 bits per heavy atom. The number of hydrogen-bond donors (Lipinski definition) is 2. The van der Waals surface area contributed by atoms with E-state index in [4.69, 9.17) is 5.73 Å². The monoisotopic (exact) mass is 317 g/mol. The largest absolute Gasteiger partial charge is 0.368 e. The molecule has 1 fully saturated rings. The molecule has 1 aromatic heterocycles. The van der Waals surface area contributed by atoms with Crippen molar-refractivity contribution in [3.63, 3.8) is 0 Å². The van der Waals surface area contributed by atoms with Crippen LogP contribution in [0.4, 0.5) is 0 Å². The summed E-state index contributed by atoms with van der Waals surface area (Å²) in [5, 5.41) is 3.06. The van der Waals surface area contributed by atoms with Crippen molar-refractivity contribution >= 4 is 39.1 Å². The number of halogens is 1. The van der Waals surface area contributed by atoms with Crippen LogP contribution < -0.4 is 11.1 Å². The van der Waals surface area contributed by atoms with Gasteiger partial charge in [-0.05, 0) is 28.1 Å². The van der Waals surface area contributed by atoms with E-state index in [0.29, 0.717) is 24.5 Å². The summed E-state index contributed by atoms with van der Waals surface area (Å²) >= 11 is 4.67. The third-order valence-corrected chi connectivity index (χ3v) is 4.23. The first-order valence-electron chi connectivity index (χ1n) is 5.16. The zero-order valence-corrected chi connectivity index (χ0v) is 11.4. The fraction of sp³-hybridized carbons (Fsp3) is 0.400. The van der Waals surface area contributed by atoms with E-state index in [1.807, 2.05) is 6.07 Å². The molecule has 0 spiro atoms. The lowest BCUT2D eigenvalue weighted by Gasteiger charge is -2.33. The summed E-state index contributed by atoms with van der Waals surface area (Å²) in [6.45, 7) is 1.61. The predicted octanol–water partition coefficient (Wildman–Crippen LogP) is 0.410. The van der Waals surface area contributed by atoms with Crippen LogP contribution in [0, 0.1) is 0 Å². The summed E-state index contributed by atoms with van der Waals surface area (Å²) in [5.41, 5.74) is 5.30. The minimum Gasteiger partial charge on any atom is -0.368 e. The quantitative estimate of drug-likeness (QED) is 0.829. The van der Waals surface area contributed by atoms with E-state index in [0.717, 1.165) is 3.79 Å². The summed E-state index contributed by atoms with van der Waals surface area (Å²) in [5.74, 6) is -0.604. The van der Waals surface area contributed by atoms with Gasteiger partial charge in [0.25, 0.3) is 5.91 Å². The standard InChI is InChI=1S/C10H12BrN3O2S/c11-8-2-1-7(17-8)10(16)14-4-3-13-5-6(14)9(12)15/h1-2,6,13H,3-5H2,(H2,12,15). The van der Waals surface area contributed by atoms with E-state index < -0.39 is 11.9 Å². The number of nitrogens with zero attached hydrogens (tertiary/aromatic N) is 1. The van der Waals surface area contributed by atoms with Crippen molar-refractivity contribution in [2.75, 3.05) is 19.6 Å². The second-order valence-electron chi connectivity index (χ2n) is 3.72.